The minimum Gasteiger partial charge on any atom is -0.393 e. The average molecular weight is 454 g/mol. The van der Waals surface area contributed by atoms with Crippen LogP contribution in [-0.2, 0) is 4.79 Å². The predicted molar refractivity (Wildman–Crippen MR) is 133 cm³/mol. The van der Waals surface area contributed by atoms with E-state index in [0.29, 0.717) is 40.4 Å². The molecule has 10 unspecified atom stereocenters. The van der Waals surface area contributed by atoms with Gasteiger partial charge in [-0.3, -0.25) is 0 Å². The van der Waals surface area contributed by atoms with E-state index in [-0.39, 0.29) is 22.5 Å². The van der Waals surface area contributed by atoms with Crippen molar-refractivity contribution in [1.29, 1.82) is 0 Å². The van der Waals surface area contributed by atoms with Gasteiger partial charge < -0.3 is 5.11 Å². The maximum absolute atomic E-state index is 11.6. The minimum absolute atomic E-state index is 0.00295. The van der Waals surface area contributed by atoms with Crippen molar-refractivity contribution in [3.63, 3.8) is 0 Å². The molecular weight excluding hydrogens is 406 g/mol. The summed E-state index contributed by atoms with van der Waals surface area (Å²) in [5, 5.41) is 10.9. The lowest BCUT2D eigenvalue weighted by atomic mass is 9.32. The molecular formula is C30H47NO2. The second-order valence-corrected chi connectivity index (χ2v) is 14.4. The van der Waals surface area contributed by atoms with Crippen molar-refractivity contribution in [3.8, 4) is 0 Å². The molecule has 33 heavy (non-hydrogen) atoms. The van der Waals surface area contributed by atoms with Gasteiger partial charge in [-0.1, -0.05) is 46.8 Å². The van der Waals surface area contributed by atoms with Gasteiger partial charge in [0.1, 0.15) is 0 Å². The van der Waals surface area contributed by atoms with Crippen molar-refractivity contribution in [2.75, 3.05) is 0 Å². The molecule has 184 valence electrons. The molecule has 5 rings (SSSR count). The fraction of sp³-hybridized carbons (Fsp3) is 0.900. The maximum Gasteiger partial charge on any atom is 0.235 e. The number of hydrogen-bond donors (Lipinski definition) is 1. The highest BCUT2D eigenvalue weighted by Gasteiger charge is 2.71. The molecule has 10 atom stereocenters. The summed E-state index contributed by atoms with van der Waals surface area (Å²) >= 11 is 0. The zero-order valence-electron chi connectivity index (χ0n) is 22.0. The van der Waals surface area contributed by atoms with E-state index >= 15 is 0 Å². The molecule has 0 aromatic carbocycles. The Hall–Kier alpha value is -0.920. The summed E-state index contributed by atoms with van der Waals surface area (Å²) in [5.41, 5.74) is 1.98. The standard InChI is InChI=1S/C30H47NO2/c1-19(2)20-10-15-30(31-18-32)17-16-28(6)21(25(20)30)8-9-23-27(5)13-12-24(33)26(3,4)22(27)11-14-29(23,28)7/h20-25,33H,1,8-17H2,2-7H3. The zero-order valence-corrected chi connectivity index (χ0v) is 22.0. The Balaban J connectivity index is 1.56. The Morgan fingerprint density at radius 1 is 0.879 bits per heavy atom. The first kappa shape index (κ1) is 23.8. The fourth-order valence-electron chi connectivity index (χ4n) is 11.4. The lowest BCUT2D eigenvalue weighted by molar-refractivity contribution is -0.242. The summed E-state index contributed by atoms with van der Waals surface area (Å²) in [6.07, 6.45) is 13.4. The molecule has 3 heteroatoms. The van der Waals surface area contributed by atoms with Gasteiger partial charge in [-0.15, -0.1) is 0 Å². The van der Waals surface area contributed by atoms with Gasteiger partial charge in [0, 0.05) is 0 Å². The lowest BCUT2D eigenvalue weighted by Crippen LogP contribution is -2.67. The first-order chi connectivity index (χ1) is 15.4. The Kier molecular flexibility index (Phi) is 5.26. The van der Waals surface area contributed by atoms with Gasteiger partial charge in [0.15, 0.2) is 0 Å². The number of carbonyl (C=O) groups excluding carboxylic acids is 1. The van der Waals surface area contributed by atoms with Gasteiger partial charge in [-0.05, 0) is 122 Å². The molecule has 0 aliphatic heterocycles. The number of aliphatic hydroxyl groups excluding tert-OH is 1. The van der Waals surface area contributed by atoms with Crippen LogP contribution >= 0.6 is 0 Å². The Morgan fingerprint density at radius 2 is 1.61 bits per heavy atom. The fourth-order valence-corrected chi connectivity index (χ4v) is 11.4. The molecule has 0 aromatic heterocycles. The summed E-state index contributed by atoms with van der Waals surface area (Å²) in [5.74, 6) is 2.86. The van der Waals surface area contributed by atoms with Gasteiger partial charge in [-0.2, -0.15) is 4.99 Å². The molecule has 5 saturated carbocycles. The van der Waals surface area contributed by atoms with E-state index in [1.165, 1.54) is 44.1 Å². The molecule has 1 N–H and O–H groups in total. The summed E-state index contributed by atoms with van der Waals surface area (Å²) in [4.78, 5) is 16.2. The van der Waals surface area contributed by atoms with Crippen molar-refractivity contribution in [1.82, 2.24) is 0 Å². The first-order valence-electron chi connectivity index (χ1n) is 13.8. The van der Waals surface area contributed by atoms with Crippen LogP contribution in [0.5, 0.6) is 0 Å². The van der Waals surface area contributed by atoms with E-state index in [1.807, 2.05) is 6.08 Å². The van der Waals surface area contributed by atoms with E-state index in [4.69, 9.17) is 0 Å². The smallest absolute Gasteiger partial charge is 0.235 e. The van der Waals surface area contributed by atoms with E-state index in [2.05, 4.69) is 53.1 Å². The summed E-state index contributed by atoms with van der Waals surface area (Å²) in [6, 6.07) is 0. The molecule has 0 bridgehead atoms. The van der Waals surface area contributed by atoms with E-state index in [0.717, 1.165) is 25.7 Å². The Labute approximate surface area is 201 Å². The van der Waals surface area contributed by atoms with E-state index < -0.39 is 0 Å². The van der Waals surface area contributed by atoms with Gasteiger partial charge >= 0.3 is 0 Å². The number of isocyanates is 1. The number of rotatable bonds is 2. The predicted octanol–water partition coefficient (Wildman–Crippen LogP) is 7.09. The molecule has 0 radical (unpaired) electrons. The van der Waals surface area contributed by atoms with Crippen LogP contribution < -0.4 is 0 Å². The van der Waals surface area contributed by atoms with Crippen molar-refractivity contribution in [2.24, 2.45) is 56.2 Å². The van der Waals surface area contributed by atoms with Crippen LogP contribution in [-0.4, -0.2) is 22.8 Å². The normalized spacial score (nSPS) is 54.8. The van der Waals surface area contributed by atoms with E-state index in [9.17, 15) is 9.90 Å². The van der Waals surface area contributed by atoms with Gasteiger partial charge in [0.05, 0.1) is 11.6 Å². The first-order valence-corrected chi connectivity index (χ1v) is 13.8. The number of hydrogen-bond acceptors (Lipinski definition) is 3. The largest absolute Gasteiger partial charge is 0.393 e. The van der Waals surface area contributed by atoms with Crippen LogP contribution in [0.1, 0.15) is 106 Å². The molecule has 5 aliphatic rings. The van der Waals surface area contributed by atoms with Crippen LogP contribution in [0.25, 0.3) is 0 Å². The Morgan fingerprint density at radius 3 is 2.27 bits per heavy atom. The van der Waals surface area contributed by atoms with Crippen LogP contribution in [0.2, 0.25) is 0 Å². The summed E-state index contributed by atoms with van der Waals surface area (Å²) < 4.78 is 0. The number of fused-ring (bicyclic) bond motifs is 7. The van der Waals surface area contributed by atoms with Crippen molar-refractivity contribution in [2.45, 2.75) is 117 Å². The third-order valence-electron chi connectivity index (χ3n) is 13.3. The number of aliphatic imine (C=N–C) groups is 1. The number of allylic oxidation sites excluding steroid dienone is 1. The highest BCUT2D eigenvalue weighted by atomic mass is 16.3. The number of nitrogens with zero attached hydrogens (tertiary/aromatic N) is 1. The summed E-state index contributed by atoms with van der Waals surface area (Å²) in [6.45, 7) is 19.1. The molecule has 3 nitrogen and oxygen atoms in total. The molecule has 0 amide bonds. The minimum atomic E-state index is -0.198. The van der Waals surface area contributed by atoms with Gasteiger partial charge in [-0.25, -0.2) is 4.79 Å². The van der Waals surface area contributed by atoms with Crippen molar-refractivity contribution >= 4 is 6.08 Å². The monoisotopic (exact) mass is 453 g/mol. The maximum atomic E-state index is 11.6. The zero-order chi connectivity index (χ0) is 24.0. The average Bonchev–Trinajstić information content (AvgIpc) is 3.12. The topological polar surface area (TPSA) is 49.7 Å². The molecule has 5 fully saturated rings. The van der Waals surface area contributed by atoms with Crippen LogP contribution in [0.4, 0.5) is 0 Å². The van der Waals surface area contributed by atoms with Crippen LogP contribution in [0.15, 0.2) is 17.1 Å². The molecule has 0 aromatic rings. The van der Waals surface area contributed by atoms with E-state index in [1.54, 1.807) is 0 Å². The second kappa shape index (κ2) is 7.30. The van der Waals surface area contributed by atoms with Crippen molar-refractivity contribution < 1.29 is 9.90 Å². The highest BCUT2D eigenvalue weighted by molar-refractivity contribution is 5.37. The molecule has 0 saturated heterocycles. The van der Waals surface area contributed by atoms with Gasteiger partial charge in [0.25, 0.3) is 0 Å². The number of aliphatic hydroxyl groups is 1. The SMILES string of the molecule is C=C(C)C1CCC2(N=C=O)CCC3(C)C(CCC4C5(C)CCC(O)C(C)(C)C5CCC43C)C12. The Bertz CT molecular complexity index is 888. The summed E-state index contributed by atoms with van der Waals surface area (Å²) in [7, 11) is 0. The quantitative estimate of drug-likeness (QED) is 0.275. The highest BCUT2D eigenvalue weighted by Crippen LogP contribution is 2.76. The third kappa shape index (κ3) is 2.85. The van der Waals surface area contributed by atoms with Crippen molar-refractivity contribution in [3.05, 3.63) is 12.2 Å². The van der Waals surface area contributed by atoms with Gasteiger partial charge in [0.2, 0.25) is 6.08 Å². The second-order valence-electron chi connectivity index (χ2n) is 14.4. The van der Waals surface area contributed by atoms with Crippen LogP contribution in [0, 0.1) is 51.2 Å². The molecule has 0 heterocycles. The van der Waals surface area contributed by atoms with Crippen LogP contribution in [0.3, 0.4) is 0 Å². The lowest BCUT2D eigenvalue weighted by Gasteiger charge is -2.72. The molecule has 0 spiro atoms. The third-order valence-corrected chi connectivity index (χ3v) is 13.3. The molecule has 5 aliphatic carbocycles.